The van der Waals surface area contributed by atoms with E-state index in [4.69, 9.17) is 5.11 Å². The first-order chi connectivity index (χ1) is 9.20. The Labute approximate surface area is 110 Å². The second kappa shape index (κ2) is 5.97. The molecule has 3 N–H and O–H groups in total. The van der Waals surface area contributed by atoms with E-state index in [2.05, 4.69) is 10.6 Å². The van der Waals surface area contributed by atoms with Gasteiger partial charge in [-0.25, -0.2) is 0 Å². The van der Waals surface area contributed by atoms with Crippen LogP contribution in [0.4, 0.5) is 5.69 Å². The SMILES string of the molecule is O=C(NCCO)C(=O)Nc1ccc2ccccc2c1. The first-order valence-electron chi connectivity index (χ1n) is 5.89. The van der Waals surface area contributed by atoms with Gasteiger partial charge < -0.3 is 15.7 Å². The fourth-order valence-electron chi connectivity index (χ4n) is 1.70. The van der Waals surface area contributed by atoms with E-state index in [1.54, 1.807) is 12.1 Å². The van der Waals surface area contributed by atoms with Gasteiger partial charge in [0.2, 0.25) is 0 Å². The van der Waals surface area contributed by atoms with Gasteiger partial charge in [-0.3, -0.25) is 9.59 Å². The van der Waals surface area contributed by atoms with Crippen molar-refractivity contribution in [2.75, 3.05) is 18.5 Å². The fourth-order valence-corrected chi connectivity index (χ4v) is 1.70. The second-order valence-corrected chi connectivity index (χ2v) is 4.00. The third-order valence-corrected chi connectivity index (χ3v) is 2.61. The monoisotopic (exact) mass is 258 g/mol. The van der Waals surface area contributed by atoms with E-state index < -0.39 is 11.8 Å². The molecule has 0 saturated heterocycles. The number of aliphatic hydroxyl groups excluding tert-OH is 1. The topological polar surface area (TPSA) is 78.4 Å². The molecule has 19 heavy (non-hydrogen) atoms. The molecule has 2 rings (SSSR count). The number of benzene rings is 2. The maximum atomic E-state index is 11.5. The van der Waals surface area contributed by atoms with Gasteiger partial charge in [0.25, 0.3) is 0 Å². The van der Waals surface area contributed by atoms with E-state index in [0.29, 0.717) is 5.69 Å². The summed E-state index contributed by atoms with van der Waals surface area (Å²) >= 11 is 0. The lowest BCUT2D eigenvalue weighted by Gasteiger charge is -2.06. The Morgan fingerprint density at radius 2 is 1.74 bits per heavy atom. The molecule has 0 aromatic heterocycles. The van der Waals surface area contributed by atoms with Crippen LogP contribution >= 0.6 is 0 Å². The zero-order valence-corrected chi connectivity index (χ0v) is 10.2. The maximum Gasteiger partial charge on any atom is 0.313 e. The van der Waals surface area contributed by atoms with E-state index in [-0.39, 0.29) is 13.2 Å². The zero-order chi connectivity index (χ0) is 13.7. The summed E-state index contributed by atoms with van der Waals surface area (Å²) in [6.45, 7) is -0.140. The lowest BCUT2D eigenvalue weighted by molar-refractivity contribution is -0.136. The normalized spacial score (nSPS) is 10.2. The number of aliphatic hydroxyl groups is 1. The molecule has 5 nitrogen and oxygen atoms in total. The highest BCUT2D eigenvalue weighted by molar-refractivity contribution is 6.39. The van der Waals surface area contributed by atoms with E-state index >= 15 is 0 Å². The number of amides is 2. The standard InChI is InChI=1S/C14H14N2O3/c17-8-7-15-13(18)14(19)16-12-6-5-10-3-1-2-4-11(10)9-12/h1-6,9,17H,7-8H2,(H,15,18)(H,16,19). The number of fused-ring (bicyclic) bond motifs is 1. The number of hydrogen-bond donors (Lipinski definition) is 3. The Hall–Kier alpha value is -2.40. The molecule has 0 saturated carbocycles. The van der Waals surface area contributed by atoms with Crippen molar-refractivity contribution in [1.82, 2.24) is 5.32 Å². The summed E-state index contributed by atoms with van der Waals surface area (Å²) < 4.78 is 0. The Balaban J connectivity index is 2.08. The van der Waals surface area contributed by atoms with Crippen LogP contribution in [0.15, 0.2) is 42.5 Å². The van der Waals surface area contributed by atoms with Crippen molar-refractivity contribution in [2.24, 2.45) is 0 Å². The minimum atomic E-state index is -0.762. The van der Waals surface area contributed by atoms with E-state index in [1.165, 1.54) is 0 Å². The average molecular weight is 258 g/mol. The molecule has 0 aliphatic carbocycles. The number of anilines is 1. The molecule has 2 aromatic rings. The highest BCUT2D eigenvalue weighted by Gasteiger charge is 2.12. The van der Waals surface area contributed by atoms with Crippen molar-refractivity contribution in [2.45, 2.75) is 0 Å². The third kappa shape index (κ3) is 3.29. The number of carbonyl (C=O) groups excluding carboxylic acids is 2. The second-order valence-electron chi connectivity index (χ2n) is 4.00. The minimum absolute atomic E-state index is 0.0595. The number of rotatable bonds is 3. The Kier molecular flexibility index (Phi) is 4.10. The van der Waals surface area contributed by atoms with Gasteiger partial charge in [-0.05, 0) is 22.9 Å². The number of nitrogens with one attached hydrogen (secondary N) is 2. The van der Waals surface area contributed by atoms with E-state index in [9.17, 15) is 9.59 Å². The molecule has 0 heterocycles. The molecule has 2 aromatic carbocycles. The minimum Gasteiger partial charge on any atom is -0.395 e. The van der Waals surface area contributed by atoms with Gasteiger partial charge in [-0.2, -0.15) is 0 Å². The fraction of sp³-hybridized carbons (Fsp3) is 0.143. The summed E-state index contributed by atoms with van der Waals surface area (Å²) in [6, 6.07) is 13.1. The van der Waals surface area contributed by atoms with Gasteiger partial charge in [0.05, 0.1) is 6.61 Å². The average Bonchev–Trinajstić information content (AvgIpc) is 2.44. The Morgan fingerprint density at radius 1 is 1.00 bits per heavy atom. The van der Waals surface area contributed by atoms with Gasteiger partial charge in [0.15, 0.2) is 0 Å². The zero-order valence-electron chi connectivity index (χ0n) is 10.2. The highest BCUT2D eigenvalue weighted by atomic mass is 16.3. The van der Waals surface area contributed by atoms with Crippen molar-refractivity contribution in [3.8, 4) is 0 Å². The summed E-state index contributed by atoms with van der Waals surface area (Å²) in [6.07, 6.45) is 0. The number of hydrogen-bond acceptors (Lipinski definition) is 3. The van der Waals surface area contributed by atoms with Crippen LogP contribution in [0.3, 0.4) is 0 Å². The summed E-state index contributed by atoms with van der Waals surface area (Å²) in [7, 11) is 0. The summed E-state index contributed by atoms with van der Waals surface area (Å²) in [5.41, 5.74) is 0.558. The largest absolute Gasteiger partial charge is 0.395 e. The molecular formula is C14H14N2O3. The lowest BCUT2D eigenvalue weighted by Crippen LogP contribution is -2.36. The molecular weight excluding hydrogens is 244 g/mol. The highest BCUT2D eigenvalue weighted by Crippen LogP contribution is 2.18. The molecule has 0 aliphatic heterocycles. The van der Waals surface area contributed by atoms with Crippen molar-refractivity contribution in [1.29, 1.82) is 0 Å². The van der Waals surface area contributed by atoms with Crippen molar-refractivity contribution < 1.29 is 14.7 Å². The van der Waals surface area contributed by atoms with Crippen LogP contribution in [-0.2, 0) is 9.59 Å². The van der Waals surface area contributed by atoms with Crippen LogP contribution in [0, 0.1) is 0 Å². The molecule has 2 amide bonds. The van der Waals surface area contributed by atoms with Gasteiger partial charge >= 0.3 is 11.8 Å². The summed E-state index contributed by atoms with van der Waals surface area (Å²) in [4.78, 5) is 22.9. The van der Waals surface area contributed by atoms with Crippen molar-refractivity contribution in [3.63, 3.8) is 0 Å². The molecule has 0 atom stereocenters. The molecule has 0 unspecified atom stereocenters. The molecule has 0 radical (unpaired) electrons. The van der Waals surface area contributed by atoms with Gasteiger partial charge in [0, 0.05) is 12.2 Å². The molecule has 0 spiro atoms. The third-order valence-electron chi connectivity index (χ3n) is 2.61. The molecule has 0 aliphatic rings. The van der Waals surface area contributed by atoms with Gasteiger partial charge in [-0.1, -0.05) is 30.3 Å². The van der Waals surface area contributed by atoms with E-state index in [0.717, 1.165) is 10.8 Å². The Bertz CT molecular complexity index is 610. The van der Waals surface area contributed by atoms with Crippen LogP contribution in [0.2, 0.25) is 0 Å². The smallest absolute Gasteiger partial charge is 0.313 e. The van der Waals surface area contributed by atoms with Crippen LogP contribution in [0.1, 0.15) is 0 Å². The van der Waals surface area contributed by atoms with Gasteiger partial charge in [0.1, 0.15) is 0 Å². The lowest BCUT2D eigenvalue weighted by atomic mass is 10.1. The van der Waals surface area contributed by atoms with Crippen LogP contribution in [0.25, 0.3) is 10.8 Å². The predicted molar refractivity (Wildman–Crippen MR) is 72.7 cm³/mol. The molecule has 0 fully saturated rings. The van der Waals surface area contributed by atoms with Crippen molar-refractivity contribution in [3.05, 3.63) is 42.5 Å². The summed E-state index contributed by atoms with van der Waals surface area (Å²) in [5.74, 6) is -1.51. The van der Waals surface area contributed by atoms with Crippen LogP contribution in [-0.4, -0.2) is 30.1 Å². The Morgan fingerprint density at radius 3 is 2.47 bits per heavy atom. The first kappa shape index (κ1) is 13.0. The first-order valence-corrected chi connectivity index (χ1v) is 5.89. The predicted octanol–water partition coefficient (Wildman–Crippen LogP) is 0.887. The van der Waals surface area contributed by atoms with Crippen LogP contribution < -0.4 is 10.6 Å². The maximum absolute atomic E-state index is 11.5. The summed E-state index contributed by atoms with van der Waals surface area (Å²) in [5, 5.41) is 15.4. The van der Waals surface area contributed by atoms with Crippen molar-refractivity contribution >= 4 is 28.3 Å². The quantitative estimate of drug-likeness (QED) is 0.715. The van der Waals surface area contributed by atoms with Gasteiger partial charge in [-0.15, -0.1) is 0 Å². The number of carbonyl (C=O) groups is 2. The molecule has 5 heteroatoms. The van der Waals surface area contributed by atoms with E-state index in [1.807, 2.05) is 30.3 Å². The molecule has 0 bridgehead atoms. The van der Waals surface area contributed by atoms with Crippen LogP contribution in [0.5, 0.6) is 0 Å². The molecule has 98 valence electrons.